The lowest BCUT2D eigenvalue weighted by Gasteiger charge is -2.32. The molecule has 1 fully saturated rings. The molecule has 2 heteroatoms. The molecule has 108 valence electrons. The molecule has 0 saturated heterocycles. The Labute approximate surface area is 122 Å². The third kappa shape index (κ3) is 3.05. The van der Waals surface area contributed by atoms with E-state index in [0.29, 0.717) is 12.3 Å². The first-order valence-electron chi connectivity index (χ1n) is 8.07. The lowest BCUT2D eigenvalue weighted by Crippen LogP contribution is -2.37. The summed E-state index contributed by atoms with van der Waals surface area (Å²) in [7, 11) is 0. The summed E-state index contributed by atoms with van der Waals surface area (Å²) in [5.41, 5.74) is 2.56. The maximum atomic E-state index is 12.2. The van der Waals surface area contributed by atoms with Crippen LogP contribution >= 0.6 is 0 Å². The Morgan fingerprint density at radius 3 is 2.80 bits per heavy atom. The lowest BCUT2D eigenvalue weighted by atomic mass is 9.81. The van der Waals surface area contributed by atoms with Gasteiger partial charge in [0.05, 0.1) is 6.42 Å². The first kappa shape index (κ1) is 13.7. The smallest absolute Gasteiger partial charge is 0.227 e. The van der Waals surface area contributed by atoms with Crippen molar-refractivity contribution in [2.75, 3.05) is 6.54 Å². The molecule has 1 heterocycles. The molecule has 0 radical (unpaired) electrons. The van der Waals surface area contributed by atoms with Gasteiger partial charge in [0.2, 0.25) is 5.91 Å². The number of benzene rings is 1. The molecule has 2 nitrogen and oxygen atoms in total. The van der Waals surface area contributed by atoms with Crippen molar-refractivity contribution in [1.29, 1.82) is 0 Å². The zero-order valence-corrected chi connectivity index (χ0v) is 12.5. The number of hydrogen-bond acceptors (Lipinski definition) is 1. The molecule has 2 unspecified atom stereocenters. The Morgan fingerprint density at radius 2 is 2.00 bits per heavy atom. The van der Waals surface area contributed by atoms with Crippen LogP contribution in [0.3, 0.4) is 0 Å². The van der Waals surface area contributed by atoms with Gasteiger partial charge in [-0.25, -0.2) is 0 Å². The van der Waals surface area contributed by atoms with Crippen LogP contribution in [0.25, 0.3) is 0 Å². The minimum absolute atomic E-state index is 0.313. The summed E-state index contributed by atoms with van der Waals surface area (Å²) < 4.78 is 0. The van der Waals surface area contributed by atoms with Gasteiger partial charge in [0.25, 0.3) is 0 Å². The van der Waals surface area contributed by atoms with Gasteiger partial charge in [0.1, 0.15) is 0 Å². The third-order valence-electron chi connectivity index (χ3n) is 5.03. The van der Waals surface area contributed by atoms with E-state index in [0.717, 1.165) is 24.9 Å². The third-order valence-corrected chi connectivity index (χ3v) is 5.03. The van der Waals surface area contributed by atoms with Crippen molar-refractivity contribution in [3.05, 3.63) is 35.4 Å². The summed E-state index contributed by atoms with van der Waals surface area (Å²) in [4.78, 5) is 14.3. The second-order valence-electron chi connectivity index (χ2n) is 6.69. The van der Waals surface area contributed by atoms with Crippen molar-refractivity contribution in [2.45, 2.75) is 52.0 Å². The monoisotopic (exact) mass is 271 g/mol. The number of nitrogens with zero attached hydrogens (tertiary/aromatic N) is 1. The van der Waals surface area contributed by atoms with Gasteiger partial charge in [0.15, 0.2) is 0 Å². The van der Waals surface area contributed by atoms with Gasteiger partial charge in [-0.15, -0.1) is 0 Å². The summed E-state index contributed by atoms with van der Waals surface area (Å²) in [6.07, 6.45) is 7.28. The van der Waals surface area contributed by atoms with E-state index in [9.17, 15) is 4.79 Å². The summed E-state index contributed by atoms with van der Waals surface area (Å²) >= 11 is 0. The second-order valence-corrected chi connectivity index (χ2v) is 6.69. The highest BCUT2D eigenvalue weighted by molar-refractivity contribution is 5.80. The molecule has 2 atom stereocenters. The molecule has 0 aromatic heterocycles. The fourth-order valence-corrected chi connectivity index (χ4v) is 3.82. The van der Waals surface area contributed by atoms with Crippen molar-refractivity contribution in [1.82, 2.24) is 4.90 Å². The molecular weight excluding hydrogens is 246 g/mol. The van der Waals surface area contributed by atoms with E-state index in [1.54, 1.807) is 0 Å². The minimum atomic E-state index is 0.313. The molecule has 1 aromatic rings. The van der Waals surface area contributed by atoms with Crippen molar-refractivity contribution in [3.63, 3.8) is 0 Å². The predicted molar refractivity (Wildman–Crippen MR) is 81.3 cm³/mol. The van der Waals surface area contributed by atoms with E-state index in [1.807, 2.05) is 6.07 Å². The molecule has 1 amide bonds. The number of carbonyl (C=O) groups excluding carboxylic acids is 1. The predicted octanol–water partition coefficient (Wildman–Crippen LogP) is 3.79. The number of fused-ring (bicyclic) bond motifs is 1. The molecule has 20 heavy (non-hydrogen) atoms. The van der Waals surface area contributed by atoms with Crippen LogP contribution in [0.5, 0.6) is 0 Å². The molecule has 1 aliphatic heterocycles. The molecule has 3 rings (SSSR count). The Bertz CT molecular complexity index is 482. The normalized spacial score (nSPS) is 26.4. The Kier molecular flexibility index (Phi) is 4.09. The van der Waals surface area contributed by atoms with Crippen LogP contribution < -0.4 is 0 Å². The molecule has 0 spiro atoms. The van der Waals surface area contributed by atoms with Gasteiger partial charge in [-0.3, -0.25) is 4.79 Å². The van der Waals surface area contributed by atoms with Crippen LogP contribution in [0.2, 0.25) is 0 Å². The fraction of sp³-hybridized carbons (Fsp3) is 0.611. The zero-order valence-electron chi connectivity index (χ0n) is 12.5. The van der Waals surface area contributed by atoms with Gasteiger partial charge >= 0.3 is 0 Å². The Balaban J connectivity index is 1.57. The Hall–Kier alpha value is -1.31. The topological polar surface area (TPSA) is 20.3 Å². The molecule has 1 aromatic carbocycles. The maximum Gasteiger partial charge on any atom is 0.227 e. The van der Waals surface area contributed by atoms with Gasteiger partial charge in [-0.05, 0) is 35.8 Å². The van der Waals surface area contributed by atoms with Crippen LogP contribution in [0.15, 0.2) is 24.3 Å². The van der Waals surface area contributed by atoms with Crippen molar-refractivity contribution in [3.8, 4) is 0 Å². The molecular formula is C18H25NO. The van der Waals surface area contributed by atoms with Crippen LogP contribution in [0.1, 0.15) is 50.2 Å². The molecule has 1 saturated carbocycles. The molecule has 1 aliphatic carbocycles. The highest BCUT2D eigenvalue weighted by Gasteiger charge is 2.24. The standard InChI is InChI=1S/C18H25NO/c1-14-5-4-6-15(11-14)9-10-19-13-17-8-3-2-7-16(17)12-18(19)20/h2-3,7-8,14-15H,4-6,9-13H2,1H3. The van der Waals surface area contributed by atoms with E-state index in [2.05, 4.69) is 30.0 Å². The van der Waals surface area contributed by atoms with Crippen LogP contribution in [-0.4, -0.2) is 17.4 Å². The number of hydrogen-bond donors (Lipinski definition) is 0. The largest absolute Gasteiger partial charge is 0.338 e. The first-order chi connectivity index (χ1) is 9.72. The molecule has 2 aliphatic rings. The average Bonchev–Trinajstić information content (AvgIpc) is 2.45. The number of amides is 1. The summed E-state index contributed by atoms with van der Waals surface area (Å²) in [5, 5.41) is 0. The first-order valence-corrected chi connectivity index (χ1v) is 8.07. The maximum absolute atomic E-state index is 12.2. The summed E-state index contributed by atoms with van der Waals surface area (Å²) in [5.74, 6) is 2.03. The van der Waals surface area contributed by atoms with Crippen molar-refractivity contribution >= 4 is 5.91 Å². The second kappa shape index (κ2) is 5.99. The van der Waals surface area contributed by atoms with E-state index >= 15 is 0 Å². The highest BCUT2D eigenvalue weighted by Crippen LogP contribution is 2.31. The highest BCUT2D eigenvalue weighted by atomic mass is 16.2. The molecule has 0 N–H and O–H groups in total. The van der Waals surface area contributed by atoms with Crippen molar-refractivity contribution < 1.29 is 4.79 Å². The van der Waals surface area contributed by atoms with Crippen LogP contribution in [-0.2, 0) is 17.8 Å². The van der Waals surface area contributed by atoms with Gasteiger partial charge < -0.3 is 4.90 Å². The van der Waals surface area contributed by atoms with E-state index < -0.39 is 0 Å². The van der Waals surface area contributed by atoms with E-state index in [4.69, 9.17) is 0 Å². The summed E-state index contributed by atoms with van der Waals surface area (Å²) in [6.45, 7) is 4.14. The van der Waals surface area contributed by atoms with Gasteiger partial charge in [-0.2, -0.15) is 0 Å². The lowest BCUT2D eigenvalue weighted by molar-refractivity contribution is -0.132. The van der Waals surface area contributed by atoms with E-state index in [1.165, 1.54) is 43.2 Å². The number of rotatable bonds is 3. The zero-order chi connectivity index (χ0) is 13.9. The molecule has 0 bridgehead atoms. The summed E-state index contributed by atoms with van der Waals surface area (Å²) in [6, 6.07) is 8.37. The fourth-order valence-electron chi connectivity index (χ4n) is 3.82. The van der Waals surface area contributed by atoms with Crippen molar-refractivity contribution in [2.24, 2.45) is 11.8 Å². The quantitative estimate of drug-likeness (QED) is 0.819. The van der Waals surface area contributed by atoms with Gasteiger partial charge in [0, 0.05) is 13.1 Å². The number of carbonyl (C=O) groups is 1. The Morgan fingerprint density at radius 1 is 1.20 bits per heavy atom. The van der Waals surface area contributed by atoms with Crippen LogP contribution in [0, 0.1) is 11.8 Å². The SMILES string of the molecule is CC1CCCC(CCN2Cc3ccccc3CC2=O)C1. The minimum Gasteiger partial charge on any atom is -0.338 e. The van der Waals surface area contributed by atoms with E-state index in [-0.39, 0.29) is 0 Å². The van der Waals surface area contributed by atoms with Crippen LogP contribution in [0.4, 0.5) is 0 Å². The average molecular weight is 271 g/mol. The van der Waals surface area contributed by atoms with Gasteiger partial charge in [-0.1, -0.05) is 50.5 Å².